The fourth-order valence-corrected chi connectivity index (χ4v) is 11.9. The third-order valence-corrected chi connectivity index (χ3v) is 14.7. The SMILES string of the molecule is Cc1ccc(P(c2ccc(C)cc2)c2ccc3ccccc3c2-c2c(P(c3ccc(C)cc3)c3ccc(C)cc3)ccc3ccccc23)cc1.F[B-](F)(F)F.[Rh]. The minimum absolute atomic E-state index is 0. The molecule has 56 heavy (non-hydrogen) atoms. The van der Waals surface area contributed by atoms with Gasteiger partial charge in [0, 0.05) is 19.5 Å². The Bertz CT molecular complexity index is 2300. The number of rotatable bonds is 7. The van der Waals surface area contributed by atoms with Crippen molar-refractivity contribution in [1.29, 1.82) is 0 Å². The van der Waals surface area contributed by atoms with E-state index in [0.717, 1.165) is 0 Å². The molecule has 0 atom stereocenters. The van der Waals surface area contributed by atoms with Gasteiger partial charge in [0.25, 0.3) is 0 Å². The Labute approximate surface area is 342 Å². The Morgan fingerprint density at radius 3 is 0.857 bits per heavy atom. The average Bonchev–Trinajstić information content (AvgIpc) is 3.17. The minimum Gasteiger partial charge on any atom is -0.418 e. The molecule has 0 spiro atoms. The first-order valence-electron chi connectivity index (χ1n) is 18.2. The number of benzene rings is 8. The van der Waals surface area contributed by atoms with Crippen LogP contribution in [0.4, 0.5) is 17.3 Å². The number of hydrogen-bond acceptors (Lipinski definition) is 0. The number of aryl methyl sites for hydroxylation is 4. The molecule has 8 rings (SSSR count). The fourth-order valence-electron chi connectivity index (χ4n) is 7.05. The van der Waals surface area contributed by atoms with Gasteiger partial charge in [0.1, 0.15) is 0 Å². The molecule has 0 heterocycles. The van der Waals surface area contributed by atoms with Crippen molar-refractivity contribution in [3.63, 3.8) is 0 Å². The monoisotopic (exact) mass is 868 g/mol. The molecule has 0 unspecified atom stereocenters. The molecule has 0 aliphatic heterocycles. The minimum atomic E-state index is -6.00. The Morgan fingerprint density at radius 1 is 0.339 bits per heavy atom. The molecule has 8 aromatic carbocycles. The molecule has 0 nitrogen and oxygen atoms in total. The average molecular weight is 869 g/mol. The summed E-state index contributed by atoms with van der Waals surface area (Å²) < 4.78 is 39.0. The summed E-state index contributed by atoms with van der Waals surface area (Å²) in [5, 5.41) is 13.4. The summed E-state index contributed by atoms with van der Waals surface area (Å²) in [5.74, 6) is 0. The summed E-state index contributed by atoms with van der Waals surface area (Å²) >= 11 is 0. The summed E-state index contributed by atoms with van der Waals surface area (Å²) in [6, 6.07) is 64.6. The van der Waals surface area contributed by atoms with E-state index >= 15 is 0 Å². The number of halogens is 4. The van der Waals surface area contributed by atoms with Crippen LogP contribution in [-0.2, 0) is 19.5 Å². The van der Waals surface area contributed by atoms with Crippen LogP contribution in [0, 0.1) is 27.7 Å². The molecule has 1 radical (unpaired) electrons. The molecule has 0 amide bonds. The molecular weight excluding hydrogens is 828 g/mol. The summed E-state index contributed by atoms with van der Waals surface area (Å²) in [5.41, 5.74) is 7.84. The van der Waals surface area contributed by atoms with E-state index in [-0.39, 0.29) is 19.5 Å². The molecule has 0 N–H and O–H groups in total. The van der Waals surface area contributed by atoms with Gasteiger partial charge in [-0.3, -0.25) is 0 Å². The first kappa shape index (κ1) is 41.2. The molecule has 8 heteroatoms. The van der Waals surface area contributed by atoms with Gasteiger partial charge in [-0.25, -0.2) is 0 Å². The fraction of sp³-hybridized carbons (Fsp3) is 0.0833. The molecule has 0 saturated carbocycles. The number of fused-ring (bicyclic) bond motifs is 2. The third kappa shape index (κ3) is 9.39. The van der Waals surface area contributed by atoms with E-state index in [2.05, 4.69) is 198 Å². The number of hydrogen-bond donors (Lipinski definition) is 0. The van der Waals surface area contributed by atoms with E-state index in [4.69, 9.17) is 0 Å². The van der Waals surface area contributed by atoms with Crippen molar-refractivity contribution in [2.24, 2.45) is 0 Å². The van der Waals surface area contributed by atoms with Crippen molar-refractivity contribution in [3.05, 3.63) is 192 Å². The van der Waals surface area contributed by atoms with E-state index in [9.17, 15) is 17.3 Å². The van der Waals surface area contributed by atoms with Crippen LogP contribution in [-0.4, -0.2) is 7.25 Å². The van der Waals surface area contributed by atoms with Crippen molar-refractivity contribution in [3.8, 4) is 11.1 Å². The quantitative estimate of drug-likeness (QED) is 0.0850. The molecule has 0 bridgehead atoms. The van der Waals surface area contributed by atoms with Gasteiger partial charge in [-0.1, -0.05) is 192 Å². The van der Waals surface area contributed by atoms with Gasteiger partial charge in [0.2, 0.25) is 0 Å². The van der Waals surface area contributed by atoms with Gasteiger partial charge >= 0.3 is 7.25 Å². The van der Waals surface area contributed by atoms with E-state index in [1.165, 1.54) is 86.8 Å². The Kier molecular flexibility index (Phi) is 13.1. The molecular formula is C48H40BF4P2Rh-. The van der Waals surface area contributed by atoms with E-state index in [1.54, 1.807) is 0 Å². The maximum atomic E-state index is 9.75. The van der Waals surface area contributed by atoms with Gasteiger partial charge in [-0.05, 0) is 108 Å². The van der Waals surface area contributed by atoms with Crippen LogP contribution < -0.4 is 31.8 Å². The predicted octanol–water partition coefficient (Wildman–Crippen LogP) is 11.7. The van der Waals surface area contributed by atoms with Crippen LogP contribution in [0.25, 0.3) is 32.7 Å². The molecule has 0 aliphatic carbocycles. The van der Waals surface area contributed by atoms with E-state index in [0.29, 0.717) is 0 Å². The first-order chi connectivity index (χ1) is 26.4. The Hall–Kier alpha value is -4.45. The van der Waals surface area contributed by atoms with Crippen molar-refractivity contribution in [2.45, 2.75) is 27.7 Å². The second-order valence-electron chi connectivity index (χ2n) is 13.9. The normalized spacial score (nSPS) is 11.4. The zero-order valence-corrected chi connectivity index (χ0v) is 34.9. The summed E-state index contributed by atoms with van der Waals surface area (Å²) in [4.78, 5) is 0. The van der Waals surface area contributed by atoms with E-state index in [1.807, 2.05) is 0 Å². The summed E-state index contributed by atoms with van der Waals surface area (Å²) in [6.45, 7) is 8.72. The Morgan fingerprint density at radius 2 is 0.589 bits per heavy atom. The topological polar surface area (TPSA) is 0 Å². The van der Waals surface area contributed by atoms with Crippen LogP contribution in [0.5, 0.6) is 0 Å². The standard InChI is InChI=1S/C48H40P2.BF4.Rh/c1-33-13-23-39(24-14-33)49(40-25-15-34(2)16-26-40)45-31-21-37-9-5-7-11-43(37)47(45)48-44-12-8-6-10-38(44)22-32-46(48)50(41-27-17-35(3)18-28-41)42-29-19-36(4)20-30-42;2-1(3,4)5;/h5-32H,1-4H3;;/q;-1;. The first-order valence-corrected chi connectivity index (χ1v) is 20.9. The second kappa shape index (κ2) is 17.8. The molecule has 0 saturated heterocycles. The maximum absolute atomic E-state index is 9.75. The van der Waals surface area contributed by atoms with Gasteiger partial charge in [-0.2, -0.15) is 0 Å². The summed E-state index contributed by atoms with van der Waals surface area (Å²) in [7, 11) is -7.77. The molecule has 8 aromatic rings. The van der Waals surface area contributed by atoms with Crippen molar-refractivity contribution < 1.29 is 36.7 Å². The molecule has 0 aliphatic rings. The predicted molar refractivity (Wildman–Crippen MR) is 233 cm³/mol. The van der Waals surface area contributed by atoms with Crippen molar-refractivity contribution in [1.82, 2.24) is 0 Å². The van der Waals surface area contributed by atoms with Crippen LogP contribution in [0.2, 0.25) is 0 Å². The molecule has 283 valence electrons. The van der Waals surface area contributed by atoms with Crippen LogP contribution in [0.3, 0.4) is 0 Å². The third-order valence-electron chi connectivity index (χ3n) is 9.71. The molecule has 0 aromatic heterocycles. The van der Waals surface area contributed by atoms with Gasteiger partial charge < -0.3 is 17.3 Å². The molecule has 0 fully saturated rings. The van der Waals surface area contributed by atoms with Crippen LogP contribution in [0.15, 0.2) is 170 Å². The van der Waals surface area contributed by atoms with Crippen LogP contribution in [0.1, 0.15) is 22.3 Å². The van der Waals surface area contributed by atoms with E-state index < -0.39 is 23.1 Å². The Balaban J connectivity index is 0.000000835. The zero-order chi connectivity index (χ0) is 38.7. The largest absolute Gasteiger partial charge is 0.673 e. The van der Waals surface area contributed by atoms with Gasteiger partial charge in [0.05, 0.1) is 0 Å². The second-order valence-corrected chi connectivity index (χ2v) is 18.2. The van der Waals surface area contributed by atoms with Crippen LogP contribution >= 0.6 is 15.8 Å². The van der Waals surface area contributed by atoms with Crippen molar-refractivity contribution in [2.75, 3.05) is 0 Å². The van der Waals surface area contributed by atoms with Gasteiger partial charge in [0.15, 0.2) is 0 Å². The van der Waals surface area contributed by atoms with Crippen molar-refractivity contribution >= 4 is 76.5 Å². The summed E-state index contributed by atoms with van der Waals surface area (Å²) in [6.07, 6.45) is 0. The smallest absolute Gasteiger partial charge is 0.418 e. The zero-order valence-electron chi connectivity index (χ0n) is 31.5. The maximum Gasteiger partial charge on any atom is 0.673 e. The van der Waals surface area contributed by atoms with Gasteiger partial charge in [-0.15, -0.1) is 0 Å².